The average molecular weight is 337 g/mol. The Labute approximate surface area is 123 Å². The molecule has 0 unspecified atom stereocenters. The molecule has 2 aromatic rings. The average Bonchev–Trinajstić information content (AvgIpc) is 2.77. The molecule has 0 bridgehead atoms. The van der Waals surface area contributed by atoms with Crippen LogP contribution in [0.4, 0.5) is 18.9 Å². The van der Waals surface area contributed by atoms with Crippen molar-refractivity contribution in [3.63, 3.8) is 0 Å². The molecule has 2 rings (SSSR count). The molecule has 0 saturated heterocycles. The van der Waals surface area contributed by atoms with Crippen molar-refractivity contribution in [3.05, 3.63) is 36.3 Å². The van der Waals surface area contributed by atoms with Gasteiger partial charge in [-0.1, -0.05) is 0 Å². The zero-order valence-corrected chi connectivity index (χ0v) is 12.2. The molecular formula is C11H10F3N3O2S2. The molecule has 0 fully saturated rings. The molecule has 0 aliphatic rings. The van der Waals surface area contributed by atoms with Crippen LogP contribution < -0.4 is 4.72 Å². The van der Waals surface area contributed by atoms with Crippen LogP contribution in [-0.4, -0.2) is 23.9 Å². The number of aryl methyl sites for hydroxylation is 1. The highest BCUT2D eigenvalue weighted by atomic mass is 32.2. The molecule has 10 heteroatoms. The number of sulfonamides is 1. The summed E-state index contributed by atoms with van der Waals surface area (Å²) in [4.78, 5) is 6.32. The molecule has 0 saturated carbocycles. The van der Waals surface area contributed by atoms with Crippen LogP contribution in [0.15, 0.2) is 40.4 Å². The van der Waals surface area contributed by atoms with Crippen molar-refractivity contribution < 1.29 is 21.6 Å². The molecule has 0 radical (unpaired) electrons. The largest absolute Gasteiger partial charge is 0.446 e. The van der Waals surface area contributed by atoms with Gasteiger partial charge in [0, 0.05) is 10.6 Å². The minimum atomic E-state index is -4.38. The zero-order chi connectivity index (χ0) is 15.7. The third kappa shape index (κ3) is 4.39. The van der Waals surface area contributed by atoms with Gasteiger partial charge in [0.1, 0.15) is 5.82 Å². The fraction of sp³-hybridized carbons (Fsp3) is 0.182. The molecule has 5 nitrogen and oxygen atoms in total. The predicted molar refractivity (Wildman–Crippen MR) is 72.5 cm³/mol. The number of imidazole rings is 1. The summed E-state index contributed by atoms with van der Waals surface area (Å²) in [6.45, 7) is 1.60. The molecule has 21 heavy (non-hydrogen) atoms. The summed E-state index contributed by atoms with van der Waals surface area (Å²) < 4.78 is 62.7. The number of H-pyrrole nitrogens is 1. The van der Waals surface area contributed by atoms with Crippen molar-refractivity contribution >= 4 is 27.5 Å². The molecule has 0 amide bonds. The smallest absolute Gasteiger partial charge is 0.332 e. The molecule has 1 heterocycles. The van der Waals surface area contributed by atoms with Crippen LogP contribution in [0, 0.1) is 6.92 Å². The van der Waals surface area contributed by atoms with E-state index in [0.29, 0.717) is 5.82 Å². The van der Waals surface area contributed by atoms with E-state index in [1.807, 2.05) is 0 Å². The number of aromatic nitrogens is 2. The Morgan fingerprint density at radius 1 is 1.24 bits per heavy atom. The van der Waals surface area contributed by atoms with Crippen LogP contribution in [0.25, 0.3) is 0 Å². The summed E-state index contributed by atoms with van der Waals surface area (Å²) in [5.41, 5.74) is -4.22. The quantitative estimate of drug-likeness (QED) is 0.841. The van der Waals surface area contributed by atoms with Gasteiger partial charge in [-0.25, -0.2) is 4.98 Å². The lowest BCUT2D eigenvalue weighted by atomic mass is 10.3. The Balaban J connectivity index is 2.13. The number of hydrogen-bond acceptors (Lipinski definition) is 4. The molecule has 1 aromatic heterocycles. The van der Waals surface area contributed by atoms with Gasteiger partial charge >= 0.3 is 5.51 Å². The summed E-state index contributed by atoms with van der Waals surface area (Å²) >= 11 is -0.266. The lowest BCUT2D eigenvalue weighted by Gasteiger charge is -2.08. The highest BCUT2D eigenvalue weighted by Gasteiger charge is 2.29. The first kappa shape index (κ1) is 15.7. The van der Waals surface area contributed by atoms with E-state index >= 15 is 0 Å². The molecule has 2 N–H and O–H groups in total. The number of thioether (sulfide) groups is 1. The minimum absolute atomic E-state index is 0.0252. The van der Waals surface area contributed by atoms with Crippen molar-refractivity contribution in [2.24, 2.45) is 0 Å². The number of benzene rings is 1. The van der Waals surface area contributed by atoms with E-state index in [1.165, 1.54) is 24.3 Å². The number of aromatic amines is 1. The first-order valence-corrected chi connectivity index (χ1v) is 7.86. The topological polar surface area (TPSA) is 74.8 Å². The van der Waals surface area contributed by atoms with Crippen molar-refractivity contribution in [3.8, 4) is 0 Å². The maximum Gasteiger partial charge on any atom is 0.446 e. The van der Waals surface area contributed by atoms with Gasteiger partial charge in [-0.15, -0.1) is 0 Å². The number of alkyl halides is 3. The van der Waals surface area contributed by atoms with Gasteiger partial charge in [0.2, 0.25) is 0 Å². The third-order valence-corrected chi connectivity index (χ3v) is 4.34. The van der Waals surface area contributed by atoms with E-state index < -0.39 is 15.5 Å². The fourth-order valence-corrected chi connectivity index (χ4v) is 3.04. The summed E-state index contributed by atoms with van der Waals surface area (Å²) in [6, 6.07) is 4.89. The van der Waals surface area contributed by atoms with Crippen molar-refractivity contribution in [1.82, 2.24) is 9.97 Å². The van der Waals surface area contributed by atoms with E-state index in [4.69, 9.17) is 0 Å². The maximum atomic E-state index is 12.2. The van der Waals surface area contributed by atoms with Gasteiger partial charge in [-0.3, -0.25) is 4.72 Å². The Morgan fingerprint density at radius 2 is 1.86 bits per heavy atom. The minimum Gasteiger partial charge on any atom is -0.332 e. The van der Waals surface area contributed by atoms with Crippen LogP contribution in [0.1, 0.15) is 5.82 Å². The Hall–Kier alpha value is -1.68. The molecule has 0 spiro atoms. The van der Waals surface area contributed by atoms with Crippen molar-refractivity contribution in [2.45, 2.75) is 22.4 Å². The maximum absolute atomic E-state index is 12.2. The van der Waals surface area contributed by atoms with Crippen LogP contribution in [0.3, 0.4) is 0 Å². The fourth-order valence-electron chi connectivity index (χ4n) is 1.47. The number of halogens is 3. The number of nitrogens with one attached hydrogen (secondary N) is 2. The van der Waals surface area contributed by atoms with Crippen LogP contribution in [0.5, 0.6) is 0 Å². The molecular weight excluding hydrogens is 327 g/mol. The highest BCUT2D eigenvalue weighted by Crippen LogP contribution is 2.37. The summed E-state index contributed by atoms with van der Waals surface area (Å²) in [5, 5.41) is -0.117. The Kier molecular flexibility index (Phi) is 4.19. The number of hydrogen-bond donors (Lipinski definition) is 2. The number of rotatable bonds is 4. The molecule has 0 aliphatic carbocycles. The van der Waals surface area contributed by atoms with Crippen LogP contribution in [0.2, 0.25) is 0 Å². The third-order valence-electron chi connectivity index (χ3n) is 2.31. The second-order valence-corrected chi connectivity index (χ2v) is 6.80. The van der Waals surface area contributed by atoms with Crippen molar-refractivity contribution in [1.29, 1.82) is 0 Å². The molecule has 0 atom stereocenters. The first-order valence-electron chi connectivity index (χ1n) is 5.56. The summed E-state index contributed by atoms with van der Waals surface area (Å²) in [7, 11) is -3.84. The van der Waals surface area contributed by atoms with Crippen molar-refractivity contribution in [2.75, 3.05) is 4.72 Å². The van der Waals surface area contributed by atoms with Gasteiger partial charge < -0.3 is 4.98 Å². The number of anilines is 1. The molecule has 0 aliphatic heterocycles. The van der Waals surface area contributed by atoms with Gasteiger partial charge in [0.25, 0.3) is 10.0 Å². The lowest BCUT2D eigenvalue weighted by molar-refractivity contribution is -0.0328. The normalized spacial score (nSPS) is 12.4. The van der Waals surface area contributed by atoms with E-state index in [2.05, 4.69) is 14.7 Å². The van der Waals surface area contributed by atoms with E-state index in [1.54, 1.807) is 6.92 Å². The highest BCUT2D eigenvalue weighted by molar-refractivity contribution is 8.00. The SMILES string of the molecule is Cc1ncc(S(=O)(=O)Nc2ccc(SC(F)(F)F)cc2)[nH]1. The monoisotopic (exact) mass is 337 g/mol. The van der Waals surface area contributed by atoms with E-state index in [0.717, 1.165) is 6.20 Å². The van der Waals surface area contributed by atoms with Gasteiger partial charge in [0.05, 0.1) is 6.20 Å². The second-order valence-electron chi connectivity index (χ2n) is 4.01. The van der Waals surface area contributed by atoms with E-state index in [-0.39, 0.29) is 27.4 Å². The van der Waals surface area contributed by atoms with Gasteiger partial charge in [-0.05, 0) is 43.0 Å². The van der Waals surface area contributed by atoms with Gasteiger partial charge in [-0.2, -0.15) is 21.6 Å². The summed E-state index contributed by atoms with van der Waals surface area (Å²) in [6.07, 6.45) is 1.16. The predicted octanol–water partition coefficient (Wildman–Crippen LogP) is 3.13. The standard InChI is InChI=1S/C11H10F3N3O2S2/c1-7-15-6-10(16-7)21(18,19)17-8-2-4-9(5-3-8)20-11(12,13)14/h2-6,17H,1H3,(H,15,16). The van der Waals surface area contributed by atoms with Crippen LogP contribution >= 0.6 is 11.8 Å². The Bertz CT molecular complexity index is 724. The summed E-state index contributed by atoms with van der Waals surface area (Å²) in [5.74, 6) is 0.437. The Morgan fingerprint density at radius 3 is 2.33 bits per heavy atom. The van der Waals surface area contributed by atoms with Crippen LogP contribution in [-0.2, 0) is 10.0 Å². The molecule has 1 aromatic carbocycles. The zero-order valence-electron chi connectivity index (χ0n) is 10.6. The lowest BCUT2D eigenvalue weighted by Crippen LogP contribution is -2.13. The first-order chi connectivity index (χ1) is 9.66. The van der Waals surface area contributed by atoms with E-state index in [9.17, 15) is 21.6 Å². The van der Waals surface area contributed by atoms with Gasteiger partial charge in [0.15, 0.2) is 5.03 Å². The second kappa shape index (κ2) is 5.60. The molecule has 114 valence electrons. The number of nitrogens with zero attached hydrogens (tertiary/aromatic N) is 1.